The molecule has 0 radical (unpaired) electrons. The molecule has 2 N–H and O–H groups in total. The number of aromatic nitrogens is 1. The largest absolute Gasteiger partial charge is 0.481 e. The molecule has 2 aromatic rings. The first-order chi connectivity index (χ1) is 11.5. The summed E-state index contributed by atoms with van der Waals surface area (Å²) in [6.45, 7) is 0. The summed E-state index contributed by atoms with van der Waals surface area (Å²) >= 11 is 0. The van der Waals surface area contributed by atoms with Crippen LogP contribution in [0.3, 0.4) is 0 Å². The first-order valence-electron chi connectivity index (χ1n) is 7.72. The van der Waals surface area contributed by atoms with Crippen molar-refractivity contribution in [3.63, 3.8) is 0 Å². The van der Waals surface area contributed by atoms with Gasteiger partial charge in [0.1, 0.15) is 0 Å². The molecule has 0 aliphatic heterocycles. The number of carboxylic acid groups (broad SMARTS) is 1. The number of sulfonamides is 1. The Hall–Kier alpha value is -2.25. The number of hydrogen-bond donors (Lipinski definition) is 2. The highest BCUT2D eigenvalue weighted by atomic mass is 32.2. The van der Waals surface area contributed by atoms with Crippen LogP contribution in [0.15, 0.2) is 47.5 Å². The molecule has 0 amide bonds. The monoisotopic (exact) mass is 346 g/mol. The van der Waals surface area contributed by atoms with Gasteiger partial charge in [-0.05, 0) is 48.6 Å². The van der Waals surface area contributed by atoms with E-state index in [4.69, 9.17) is 5.11 Å². The number of hydrogen-bond acceptors (Lipinski definition) is 4. The summed E-state index contributed by atoms with van der Waals surface area (Å²) < 4.78 is 27.9. The molecule has 7 heteroatoms. The maximum absolute atomic E-state index is 12.6. The van der Waals surface area contributed by atoms with E-state index in [0.29, 0.717) is 5.56 Å². The fourth-order valence-corrected chi connectivity index (χ4v) is 4.19. The van der Waals surface area contributed by atoms with Crippen LogP contribution < -0.4 is 4.72 Å². The molecular weight excluding hydrogens is 328 g/mol. The van der Waals surface area contributed by atoms with Crippen molar-refractivity contribution < 1.29 is 18.3 Å². The minimum absolute atomic E-state index is 0.130. The number of aliphatic carboxylic acids is 1. The van der Waals surface area contributed by atoms with Gasteiger partial charge in [0.15, 0.2) is 0 Å². The van der Waals surface area contributed by atoms with Gasteiger partial charge in [0.05, 0.1) is 11.3 Å². The summed E-state index contributed by atoms with van der Waals surface area (Å²) in [5.41, 5.74) is 2.43. The SMILES string of the molecule is O=C(O)Cc1ccc(S(=O)(=O)NC2CCCc3ncccc32)cc1. The zero-order valence-corrected chi connectivity index (χ0v) is 13.8. The third-order valence-corrected chi connectivity index (χ3v) is 5.58. The number of carbonyl (C=O) groups is 1. The molecule has 1 aliphatic rings. The first-order valence-corrected chi connectivity index (χ1v) is 9.21. The van der Waals surface area contributed by atoms with E-state index in [1.165, 1.54) is 24.3 Å². The molecule has 1 aromatic carbocycles. The highest BCUT2D eigenvalue weighted by Crippen LogP contribution is 2.29. The zero-order chi connectivity index (χ0) is 17.2. The van der Waals surface area contributed by atoms with Crippen LogP contribution in [0.2, 0.25) is 0 Å². The highest BCUT2D eigenvalue weighted by Gasteiger charge is 2.26. The molecule has 0 spiro atoms. The topological polar surface area (TPSA) is 96.4 Å². The van der Waals surface area contributed by atoms with Crippen molar-refractivity contribution in [3.05, 3.63) is 59.4 Å². The molecule has 1 aromatic heterocycles. The Morgan fingerprint density at radius 3 is 2.71 bits per heavy atom. The van der Waals surface area contributed by atoms with E-state index >= 15 is 0 Å². The lowest BCUT2D eigenvalue weighted by molar-refractivity contribution is -0.136. The van der Waals surface area contributed by atoms with E-state index in [9.17, 15) is 13.2 Å². The van der Waals surface area contributed by atoms with Crippen molar-refractivity contribution in [2.24, 2.45) is 0 Å². The average Bonchev–Trinajstić information content (AvgIpc) is 2.55. The average molecular weight is 346 g/mol. The predicted octanol–water partition coefficient (Wildman–Crippen LogP) is 2.06. The molecule has 126 valence electrons. The molecule has 0 saturated heterocycles. The van der Waals surface area contributed by atoms with Crippen LogP contribution in [-0.2, 0) is 27.7 Å². The molecule has 3 rings (SSSR count). The van der Waals surface area contributed by atoms with Gasteiger partial charge in [0.2, 0.25) is 10.0 Å². The third-order valence-electron chi connectivity index (χ3n) is 4.09. The molecule has 1 heterocycles. The van der Waals surface area contributed by atoms with Gasteiger partial charge in [-0.2, -0.15) is 0 Å². The minimum atomic E-state index is -3.67. The molecule has 1 unspecified atom stereocenters. The van der Waals surface area contributed by atoms with Crippen LogP contribution in [0.4, 0.5) is 0 Å². The van der Waals surface area contributed by atoms with E-state index in [0.717, 1.165) is 30.5 Å². The van der Waals surface area contributed by atoms with Crippen LogP contribution in [-0.4, -0.2) is 24.5 Å². The molecule has 0 bridgehead atoms. The fourth-order valence-electron chi connectivity index (χ4n) is 2.94. The molecule has 0 saturated carbocycles. The minimum Gasteiger partial charge on any atom is -0.481 e. The van der Waals surface area contributed by atoms with Gasteiger partial charge in [-0.25, -0.2) is 13.1 Å². The van der Waals surface area contributed by atoms with Crippen molar-refractivity contribution >= 4 is 16.0 Å². The number of nitrogens with one attached hydrogen (secondary N) is 1. The van der Waals surface area contributed by atoms with Gasteiger partial charge < -0.3 is 5.11 Å². The zero-order valence-electron chi connectivity index (χ0n) is 13.0. The predicted molar refractivity (Wildman–Crippen MR) is 88.0 cm³/mol. The van der Waals surface area contributed by atoms with Gasteiger partial charge in [0.25, 0.3) is 0 Å². The standard InChI is InChI=1S/C17H18N2O4S/c20-17(21)11-12-6-8-13(9-7-12)24(22,23)19-16-5-1-4-15-14(16)3-2-10-18-15/h2-3,6-10,16,19H,1,4-5,11H2,(H,20,21). The molecule has 6 nitrogen and oxygen atoms in total. The summed E-state index contributed by atoms with van der Waals surface area (Å²) in [5.74, 6) is -0.949. The van der Waals surface area contributed by atoms with E-state index < -0.39 is 16.0 Å². The Morgan fingerprint density at radius 1 is 1.25 bits per heavy atom. The highest BCUT2D eigenvalue weighted by molar-refractivity contribution is 7.89. The number of nitrogens with zero attached hydrogens (tertiary/aromatic N) is 1. The van der Waals surface area contributed by atoms with Crippen LogP contribution in [0.1, 0.15) is 35.7 Å². The second-order valence-corrected chi connectivity index (χ2v) is 7.53. The molecule has 0 fully saturated rings. The number of benzene rings is 1. The van der Waals surface area contributed by atoms with Gasteiger partial charge in [-0.1, -0.05) is 18.2 Å². The van der Waals surface area contributed by atoms with E-state index in [1.54, 1.807) is 6.20 Å². The molecule has 24 heavy (non-hydrogen) atoms. The number of fused-ring (bicyclic) bond motifs is 1. The smallest absolute Gasteiger partial charge is 0.307 e. The van der Waals surface area contributed by atoms with Crippen molar-refractivity contribution in [3.8, 4) is 0 Å². The van der Waals surface area contributed by atoms with Gasteiger partial charge >= 0.3 is 5.97 Å². The normalized spacial score (nSPS) is 17.2. The van der Waals surface area contributed by atoms with Crippen LogP contribution in [0.5, 0.6) is 0 Å². The Bertz CT molecular complexity index is 847. The van der Waals surface area contributed by atoms with Gasteiger partial charge in [-0.15, -0.1) is 0 Å². The maximum atomic E-state index is 12.6. The van der Waals surface area contributed by atoms with E-state index in [-0.39, 0.29) is 17.4 Å². The first kappa shape index (κ1) is 16.6. The quantitative estimate of drug-likeness (QED) is 0.864. The molecule has 1 aliphatic carbocycles. The van der Waals surface area contributed by atoms with Crippen molar-refractivity contribution in [2.75, 3.05) is 0 Å². The number of pyridine rings is 1. The van der Waals surface area contributed by atoms with Crippen molar-refractivity contribution in [1.82, 2.24) is 9.71 Å². The fraction of sp³-hybridized carbons (Fsp3) is 0.294. The van der Waals surface area contributed by atoms with Gasteiger partial charge in [0, 0.05) is 17.9 Å². The number of carboxylic acids is 1. The van der Waals surface area contributed by atoms with Crippen LogP contribution in [0, 0.1) is 0 Å². The Morgan fingerprint density at radius 2 is 2.00 bits per heavy atom. The van der Waals surface area contributed by atoms with Crippen molar-refractivity contribution in [2.45, 2.75) is 36.6 Å². The summed E-state index contributed by atoms with van der Waals surface area (Å²) in [6, 6.07) is 9.36. The Balaban J connectivity index is 1.81. The van der Waals surface area contributed by atoms with Gasteiger partial charge in [-0.3, -0.25) is 9.78 Å². The lowest BCUT2D eigenvalue weighted by Gasteiger charge is -2.25. The Labute approximate surface area is 140 Å². The van der Waals surface area contributed by atoms with Crippen LogP contribution >= 0.6 is 0 Å². The lowest BCUT2D eigenvalue weighted by atomic mass is 9.92. The Kier molecular flexibility index (Phi) is 4.64. The summed E-state index contributed by atoms with van der Waals surface area (Å²) in [5, 5.41) is 8.77. The number of rotatable bonds is 5. The van der Waals surface area contributed by atoms with Crippen LogP contribution in [0.25, 0.3) is 0 Å². The summed E-state index contributed by atoms with van der Waals surface area (Å²) in [7, 11) is -3.67. The maximum Gasteiger partial charge on any atom is 0.307 e. The summed E-state index contributed by atoms with van der Waals surface area (Å²) in [4.78, 5) is 15.1. The van der Waals surface area contributed by atoms with E-state index in [2.05, 4.69) is 9.71 Å². The second-order valence-electron chi connectivity index (χ2n) is 5.82. The third kappa shape index (κ3) is 3.63. The summed E-state index contributed by atoms with van der Waals surface area (Å²) in [6.07, 6.45) is 4.06. The number of aryl methyl sites for hydroxylation is 1. The van der Waals surface area contributed by atoms with Crippen molar-refractivity contribution in [1.29, 1.82) is 0 Å². The van der Waals surface area contributed by atoms with E-state index in [1.807, 2.05) is 12.1 Å². The lowest BCUT2D eigenvalue weighted by Crippen LogP contribution is -2.31. The molecule has 1 atom stereocenters. The molecular formula is C17H18N2O4S. The second kappa shape index (κ2) is 6.70.